The number of hydrogen-bond donors (Lipinski definition) is 0. The maximum atomic E-state index is 13.5. The first-order chi connectivity index (χ1) is 13.2. The van der Waals surface area contributed by atoms with Crippen molar-refractivity contribution < 1.29 is 13.2 Å². The third-order valence-corrected chi connectivity index (χ3v) is 10.6. The molecule has 0 N–H and O–H groups in total. The lowest BCUT2D eigenvalue weighted by Gasteiger charge is -2.56. The van der Waals surface area contributed by atoms with Gasteiger partial charge in [-0.2, -0.15) is 0 Å². The van der Waals surface area contributed by atoms with Crippen LogP contribution >= 0.6 is 11.8 Å². The van der Waals surface area contributed by atoms with E-state index in [0.29, 0.717) is 12.2 Å². The average Bonchev–Trinajstić information content (AvgIpc) is 3.15. The van der Waals surface area contributed by atoms with Crippen molar-refractivity contribution in [2.45, 2.75) is 68.2 Å². The minimum absolute atomic E-state index is 0.0778. The van der Waals surface area contributed by atoms with E-state index in [2.05, 4.69) is 10.2 Å². The molecule has 2 atom stereocenters. The van der Waals surface area contributed by atoms with E-state index in [1.807, 2.05) is 18.5 Å². The summed E-state index contributed by atoms with van der Waals surface area (Å²) >= 11 is 1.50. The van der Waals surface area contributed by atoms with Gasteiger partial charge in [0, 0.05) is 18.4 Å². The van der Waals surface area contributed by atoms with Gasteiger partial charge in [-0.1, -0.05) is 11.8 Å². The number of thioether (sulfide) groups is 1. The molecule has 8 heteroatoms. The predicted molar refractivity (Wildman–Crippen MR) is 108 cm³/mol. The first-order valence-corrected chi connectivity index (χ1v) is 13.3. The molecule has 1 aliphatic heterocycles. The van der Waals surface area contributed by atoms with E-state index in [-0.39, 0.29) is 28.1 Å². The Morgan fingerprint density at radius 1 is 1.14 bits per heavy atom. The second-order valence-electron chi connectivity index (χ2n) is 9.82. The molecule has 4 saturated carbocycles. The van der Waals surface area contributed by atoms with Gasteiger partial charge in [-0.05, 0) is 69.6 Å². The van der Waals surface area contributed by atoms with Crippen LogP contribution in [0.5, 0.6) is 0 Å². The Bertz CT molecular complexity index is 873. The Balaban J connectivity index is 1.31. The number of carbonyl (C=O) groups excluding carboxylic acids is 1. The number of hydrogen-bond acceptors (Lipinski definition) is 6. The third-order valence-electron chi connectivity index (χ3n) is 7.68. The highest BCUT2D eigenvalue weighted by Crippen LogP contribution is 2.61. The minimum atomic E-state index is -2.96. The molecule has 4 bridgehead atoms. The van der Waals surface area contributed by atoms with Gasteiger partial charge in [-0.3, -0.25) is 4.79 Å². The molecule has 4 aliphatic carbocycles. The molecule has 0 aromatic carbocycles. The Morgan fingerprint density at radius 3 is 2.29 bits per heavy atom. The molecule has 0 amide bonds. The van der Waals surface area contributed by atoms with E-state index >= 15 is 0 Å². The van der Waals surface area contributed by atoms with Crippen LogP contribution in [-0.2, 0) is 21.7 Å². The number of rotatable bonds is 5. The van der Waals surface area contributed by atoms with Crippen LogP contribution in [0.1, 0.15) is 63.6 Å². The van der Waals surface area contributed by atoms with Gasteiger partial charge >= 0.3 is 0 Å². The molecule has 0 spiro atoms. The van der Waals surface area contributed by atoms with Crippen LogP contribution in [-0.4, -0.2) is 45.7 Å². The van der Waals surface area contributed by atoms with Crippen molar-refractivity contribution in [3.05, 3.63) is 5.82 Å². The smallest absolute Gasteiger partial charge is 0.191 e. The van der Waals surface area contributed by atoms with Gasteiger partial charge in [0.2, 0.25) is 0 Å². The average molecular weight is 424 g/mol. The van der Waals surface area contributed by atoms with E-state index < -0.39 is 9.84 Å². The summed E-state index contributed by atoms with van der Waals surface area (Å²) in [6, 6.07) is 0. The van der Waals surface area contributed by atoms with Crippen LogP contribution < -0.4 is 0 Å². The molecule has 154 valence electrons. The van der Waals surface area contributed by atoms with E-state index in [1.54, 1.807) is 0 Å². The molecule has 6 nitrogen and oxygen atoms in total. The Labute approximate surface area is 171 Å². The topological polar surface area (TPSA) is 81.9 Å². The quantitative estimate of drug-likeness (QED) is 0.677. The van der Waals surface area contributed by atoms with Crippen LogP contribution in [0.3, 0.4) is 0 Å². The highest BCUT2D eigenvalue weighted by Gasteiger charge is 2.55. The van der Waals surface area contributed by atoms with E-state index in [0.717, 1.165) is 48.0 Å². The second kappa shape index (κ2) is 6.56. The maximum Gasteiger partial charge on any atom is 0.191 e. The number of Topliss-reactive ketones (excluding diaryl/α,β-unsaturated/α-hetero) is 1. The second-order valence-corrected chi connectivity index (χ2v) is 13.4. The molecule has 2 unspecified atom stereocenters. The van der Waals surface area contributed by atoms with Crippen molar-refractivity contribution >= 4 is 27.4 Å². The van der Waals surface area contributed by atoms with Gasteiger partial charge in [0.15, 0.2) is 20.8 Å². The molecule has 28 heavy (non-hydrogen) atoms. The van der Waals surface area contributed by atoms with Crippen molar-refractivity contribution in [3.63, 3.8) is 0 Å². The van der Waals surface area contributed by atoms with Crippen LogP contribution in [0.4, 0.5) is 0 Å². The SMILES string of the molecule is CC(Sc1nnc(C2CCS(=O)(=O)C2)n1C)C(=O)C12CC3CC(CC(C3)C1)C2. The van der Waals surface area contributed by atoms with Crippen molar-refractivity contribution in [2.75, 3.05) is 11.5 Å². The molecular formula is C20H29N3O3S2. The van der Waals surface area contributed by atoms with Gasteiger partial charge in [0.25, 0.3) is 0 Å². The highest BCUT2D eigenvalue weighted by atomic mass is 32.2. The van der Waals surface area contributed by atoms with E-state index in [1.165, 1.54) is 31.0 Å². The highest BCUT2D eigenvalue weighted by molar-refractivity contribution is 8.00. The van der Waals surface area contributed by atoms with Gasteiger partial charge < -0.3 is 4.57 Å². The summed E-state index contributed by atoms with van der Waals surface area (Å²) in [5, 5.41) is 9.18. The van der Waals surface area contributed by atoms with Crippen molar-refractivity contribution in [2.24, 2.45) is 30.2 Å². The van der Waals surface area contributed by atoms with Crippen molar-refractivity contribution in [3.8, 4) is 0 Å². The zero-order valence-electron chi connectivity index (χ0n) is 16.6. The summed E-state index contributed by atoms with van der Waals surface area (Å²) in [5.41, 5.74) is -0.0951. The number of aromatic nitrogens is 3. The van der Waals surface area contributed by atoms with E-state index in [4.69, 9.17) is 0 Å². The largest absolute Gasteiger partial charge is 0.309 e. The third kappa shape index (κ3) is 3.15. The standard InChI is InChI=1S/C20H29N3O3S2/c1-12(17(24)20-8-13-5-14(9-20)7-15(6-13)10-20)27-19-22-21-18(23(19)2)16-3-4-28(25,26)11-16/h12-16H,3-11H2,1-2H3. The first kappa shape index (κ1) is 19.1. The lowest BCUT2D eigenvalue weighted by atomic mass is 9.48. The monoisotopic (exact) mass is 423 g/mol. The lowest BCUT2D eigenvalue weighted by molar-refractivity contribution is -0.143. The maximum absolute atomic E-state index is 13.5. The fourth-order valence-electron chi connectivity index (χ4n) is 6.84. The lowest BCUT2D eigenvalue weighted by Crippen LogP contribution is -2.51. The predicted octanol–water partition coefficient (Wildman–Crippen LogP) is 2.98. The first-order valence-electron chi connectivity index (χ1n) is 10.6. The van der Waals surface area contributed by atoms with Crippen LogP contribution in [0.15, 0.2) is 5.16 Å². The zero-order valence-corrected chi connectivity index (χ0v) is 18.3. The van der Waals surface area contributed by atoms with Crippen LogP contribution in [0.2, 0.25) is 0 Å². The minimum Gasteiger partial charge on any atom is -0.309 e. The molecule has 0 radical (unpaired) electrons. The van der Waals surface area contributed by atoms with Crippen LogP contribution in [0, 0.1) is 23.2 Å². The molecule has 1 saturated heterocycles. The number of nitrogens with zero attached hydrogens (tertiary/aromatic N) is 3. The number of sulfone groups is 1. The molecule has 5 aliphatic rings. The van der Waals surface area contributed by atoms with Gasteiger partial charge in [0.1, 0.15) is 5.82 Å². The number of carbonyl (C=O) groups is 1. The van der Waals surface area contributed by atoms with Crippen molar-refractivity contribution in [1.82, 2.24) is 14.8 Å². The molecule has 1 aromatic heterocycles. The number of ketones is 1. The summed E-state index contributed by atoms with van der Waals surface area (Å²) in [6.45, 7) is 2.01. The zero-order chi connectivity index (χ0) is 19.7. The summed E-state index contributed by atoms with van der Waals surface area (Å²) in [5.74, 6) is 3.74. The molecule has 5 fully saturated rings. The summed E-state index contributed by atoms with van der Waals surface area (Å²) < 4.78 is 25.5. The molecule has 1 aromatic rings. The van der Waals surface area contributed by atoms with Gasteiger partial charge in [-0.25, -0.2) is 8.42 Å². The Hall–Kier alpha value is -0.890. The Morgan fingerprint density at radius 2 is 1.75 bits per heavy atom. The van der Waals surface area contributed by atoms with Crippen LogP contribution in [0.25, 0.3) is 0 Å². The molecular weight excluding hydrogens is 394 g/mol. The van der Waals surface area contributed by atoms with E-state index in [9.17, 15) is 13.2 Å². The van der Waals surface area contributed by atoms with Gasteiger partial charge in [0.05, 0.1) is 16.8 Å². The molecule has 2 heterocycles. The Kier molecular flexibility index (Phi) is 4.47. The van der Waals surface area contributed by atoms with Gasteiger partial charge in [-0.15, -0.1) is 10.2 Å². The normalized spacial score (nSPS) is 39.4. The molecule has 6 rings (SSSR count). The summed E-state index contributed by atoms with van der Waals surface area (Å²) in [4.78, 5) is 13.5. The summed E-state index contributed by atoms with van der Waals surface area (Å²) in [6.07, 6.45) is 7.90. The van der Waals surface area contributed by atoms with Crippen molar-refractivity contribution in [1.29, 1.82) is 0 Å². The fourth-order valence-corrected chi connectivity index (χ4v) is 9.59. The summed E-state index contributed by atoms with van der Waals surface area (Å²) in [7, 11) is -1.06. The fraction of sp³-hybridized carbons (Fsp3) is 0.850.